The van der Waals surface area contributed by atoms with Gasteiger partial charge in [0.25, 0.3) is 5.91 Å². The second-order valence-electron chi connectivity index (χ2n) is 8.80. The summed E-state index contributed by atoms with van der Waals surface area (Å²) in [5, 5.41) is 13.3. The summed E-state index contributed by atoms with van der Waals surface area (Å²) in [6.45, 7) is 7.82. The van der Waals surface area contributed by atoms with Crippen molar-refractivity contribution < 1.29 is 19.4 Å². The van der Waals surface area contributed by atoms with Gasteiger partial charge >= 0.3 is 0 Å². The van der Waals surface area contributed by atoms with E-state index in [0.29, 0.717) is 18.7 Å². The van der Waals surface area contributed by atoms with Crippen molar-refractivity contribution in [2.24, 2.45) is 0 Å². The molecule has 1 amide bonds. The molecule has 2 heterocycles. The molecule has 1 unspecified atom stereocenters. The summed E-state index contributed by atoms with van der Waals surface area (Å²) in [5.41, 5.74) is 3.28. The molecule has 1 fully saturated rings. The van der Waals surface area contributed by atoms with Gasteiger partial charge in [-0.1, -0.05) is 24.3 Å². The summed E-state index contributed by atoms with van der Waals surface area (Å²) >= 11 is 0. The number of aliphatic hydroxyl groups is 1. The van der Waals surface area contributed by atoms with Crippen molar-refractivity contribution in [3.8, 4) is 5.75 Å². The van der Waals surface area contributed by atoms with Crippen molar-refractivity contribution in [1.82, 2.24) is 15.1 Å². The SMILES string of the molecule is O=C(NCC(O)CN1CCc2ccccc2C1)c1ccc(OCCCN2CCOCC2)cc1. The van der Waals surface area contributed by atoms with Gasteiger partial charge in [-0.25, -0.2) is 0 Å². The number of β-amino-alcohol motifs (C(OH)–C–C–N with tert-alkyl or cyclic N) is 1. The van der Waals surface area contributed by atoms with Crippen molar-refractivity contribution in [3.05, 3.63) is 65.2 Å². The van der Waals surface area contributed by atoms with Crippen molar-refractivity contribution in [2.45, 2.75) is 25.5 Å². The smallest absolute Gasteiger partial charge is 0.251 e. The number of hydrogen-bond acceptors (Lipinski definition) is 6. The van der Waals surface area contributed by atoms with Crippen LogP contribution < -0.4 is 10.1 Å². The van der Waals surface area contributed by atoms with E-state index >= 15 is 0 Å². The zero-order valence-electron chi connectivity index (χ0n) is 19.2. The number of hydrogen-bond donors (Lipinski definition) is 2. The van der Waals surface area contributed by atoms with Crippen LogP contribution in [0.3, 0.4) is 0 Å². The Bertz CT molecular complexity index is 883. The maximum Gasteiger partial charge on any atom is 0.251 e. The fourth-order valence-electron chi connectivity index (χ4n) is 4.39. The first kappa shape index (κ1) is 23.7. The van der Waals surface area contributed by atoms with Gasteiger partial charge in [-0.2, -0.15) is 0 Å². The van der Waals surface area contributed by atoms with Gasteiger partial charge in [0.15, 0.2) is 0 Å². The molecule has 1 saturated heterocycles. The van der Waals surface area contributed by atoms with Crippen LogP contribution in [0.15, 0.2) is 48.5 Å². The van der Waals surface area contributed by atoms with Gasteiger partial charge in [-0.05, 0) is 48.2 Å². The molecule has 0 aliphatic carbocycles. The summed E-state index contributed by atoms with van der Waals surface area (Å²) in [6.07, 6.45) is 1.35. The summed E-state index contributed by atoms with van der Waals surface area (Å²) in [6, 6.07) is 15.6. The molecule has 2 aromatic rings. The first-order valence-corrected chi connectivity index (χ1v) is 12.0. The van der Waals surface area contributed by atoms with Gasteiger partial charge < -0.3 is 19.9 Å². The summed E-state index contributed by atoms with van der Waals surface area (Å²) < 4.78 is 11.2. The van der Waals surface area contributed by atoms with E-state index in [1.165, 1.54) is 11.1 Å². The molecule has 2 aromatic carbocycles. The Labute approximate surface area is 196 Å². The van der Waals surface area contributed by atoms with Gasteiger partial charge in [-0.3, -0.25) is 14.6 Å². The second-order valence-corrected chi connectivity index (χ2v) is 8.80. The number of ether oxygens (including phenoxy) is 2. The van der Waals surface area contributed by atoms with Crippen LogP contribution in [-0.4, -0.2) is 86.0 Å². The van der Waals surface area contributed by atoms with Crippen LogP contribution in [0, 0.1) is 0 Å². The Morgan fingerprint density at radius 3 is 2.58 bits per heavy atom. The molecule has 7 nitrogen and oxygen atoms in total. The van der Waals surface area contributed by atoms with Gasteiger partial charge in [-0.15, -0.1) is 0 Å². The van der Waals surface area contributed by atoms with E-state index in [-0.39, 0.29) is 12.5 Å². The Balaban J connectivity index is 1.13. The van der Waals surface area contributed by atoms with Gasteiger partial charge in [0.2, 0.25) is 0 Å². The van der Waals surface area contributed by atoms with E-state index in [9.17, 15) is 9.90 Å². The maximum absolute atomic E-state index is 12.5. The van der Waals surface area contributed by atoms with E-state index in [1.54, 1.807) is 12.1 Å². The molecule has 1 atom stereocenters. The number of morpholine rings is 1. The number of fused-ring (bicyclic) bond motifs is 1. The third kappa shape index (κ3) is 7.27. The zero-order valence-corrected chi connectivity index (χ0v) is 19.2. The minimum Gasteiger partial charge on any atom is -0.494 e. The summed E-state index contributed by atoms with van der Waals surface area (Å²) in [4.78, 5) is 17.1. The third-order valence-electron chi connectivity index (χ3n) is 6.28. The van der Waals surface area contributed by atoms with Gasteiger partial charge in [0.05, 0.1) is 25.9 Å². The first-order chi connectivity index (χ1) is 16.2. The Hall–Kier alpha value is -2.45. The lowest BCUT2D eigenvalue weighted by Crippen LogP contribution is -2.42. The summed E-state index contributed by atoms with van der Waals surface area (Å²) in [7, 11) is 0. The fourth-order valence-corrected chi connectivity index (χ4v) is 4.39. The quantitative estimate of drug-likeness (QED) is 0.536. The highest BCUT2D eigenvalue weighted by Crippen LogP contribution is 2.18. The average molecular weight is 454 g/mol. The number of nitrogens with zero attached hydrogens (tertiary/aromatic N) is 2. The van der Waals surface area contributed by atoms with Crippen LogP contribution in [0.25, 0.3) is 0 Å². The topological polar surface area (TPSA) is 74.3 Å². The lowest BCUT2D eigenvalue weighted by Gasteiger charge is -2.30. The number of nitrogens with one attached hydrogen (secondary N) is 1. The van der Waals surface area contributed by atoms with Crippen LogP contribution in [0.5, 0.6) is 5.75 Å². The van der Waals surface area contributed by atoms with Crippen molar-refractivity contribution in [2.75, 3.05) is 59.1 Å². The average Bonchev–Trinajstić information content (AvgIpc) is 2.86. The second kappa shape index (κ2) is 12.1. The number of rotatable bonds is 10. The van der Waals surface area contributed by atoms with Crippen LogP contribution in [0.1, 0.15) is 27.9 Å². The maximum atomic E-state index is 12.5. The van der Waals surface area contributed by atoms with Crippen LogP contribution in [0.2, 0.25) is 0 Å². The van der Waals surface area contributed by atoms with E-state index in [1.807, 2.05) is 12.1 Å². The highest BCUT2D eigenvalue weighted by Gasteiger charge is 2.19. The summed E-state index contributed by atoms with van der Waals surface area (Å²) in [5.74, 6) is 0.579. The number of carbonyl (C=O) groups excluding carboxylic acids is 1. The molecular formula is C26H35N3O4. The minimum absolute atomic E-state index is 0.183. The fraction of sp³-hybridized carbons (Fsp3) is 0.500. The molecule has 2 aliphatic rings. The zero-order chi connectivity index (χ0) is 22.9. The van der Waals surface area contributed by atoms with Crippen LogP contribution in [0.4, 0.5) is 0 Å². The predicted octanol–water partition coefficient (Wildman–Crippen LogP) is 1.94. The highest BCUT2D eigenvalue weighted by atomic mass is 16.5. The third-order valence-corrected chi connectivity index (χ3v) is 6.28. The number of aliphatic hydroxyl groups excluding tert-OH is 1. The van der Waals surface area contributed by atoms with Gasteiger partial charge in [0, 0.05) is 51.4 Å². The molecule has 2 aliphatic heterocycles. The lowest BCUT2D eigenvalue weighted by atomic mass is 10.00. The largest absolute Gasteiger partial charge is 0.494 e. The molecule has 0 spiro atoms. The number of carbonyl (C=O) groups is 1. The molecule has 0 saturated carbocycles. The molecule has 2 N–H and O–H groups in total. The van der Waals surface area contributed by atoms with Crippen molar-refractivity contribution >= 4 is 5.91 Å². The van der Waals surface area contributed by atoms with Crippen molar-refractivity contribution in [1.29, 1.82) is 0 Å². The lowest BCUT2D eigenvalue weighted by molar-refractivity contribution is 0.0358. The highest BCUT2D eigenvalue weighted by molar-refractivity contribution is 5.94. The van der Waals surface area contributed by atoms with E-state index in [4.69, 9.17) is 9.47 Å². The molecule has 0 bridgehead atoms. The van der Waals surface area contributed by atoms with E-state index < -0.39 is 6.10 Å². The Kier molecular flexibility index (Phi) is 8.72. The van der Waals surface area contributed by atoms with E-state index in [0.717, 1.165) is 64.5 Å². The Morgan fingerprint density at radius 1 is 1.03 bits per heavy atom. The standard InChI is InChI=1S/C26H35N3O4/c30-24(20-29-12-10-21-4-1-2-5-23(21)19-29)18-27-26(31)22-6-8-25(9-7-22)33-15-3-11-28-13-16-32-17-14-28/h1-2,4-9,24,30H,3,10-20H2,(H,27,31). The first-order valence-electron chi connectivity index (χ1n) is 12.0. The molecule has 0 radical (unpaired) electrons. The number of benzene rings is 2. The number of amides is 1. The molecule has 178 valence electrons. The van der Waals surface area contributed by atoms with Crippen LogP contribution in [-0.2, 0) is 17.7 Å². The Morgan fingerprint density at radius 2 is 1.79 bits per heavy atom. The monoisotopic (exact) mass is 453 g/mol. The van der Waals surface area contributed by atoms with E-state index in [2.05, 4.69) is 39.4 Å². The normalized spacial score (nSPS) is 17.8. The van der Waals surface area contributed by atoms with Crippen LogP contribution >= 0.6 is 0 Å². The molecule has 4 rings (SSSR count). The van der Waals surface area contributed by atoms with Crippen molar-refractivity contribution in [3.63, 3.8) is 0 Å². The minimum atomic E-state index is -0.603. The molecular weight excluding hydrogens is 418 g/mol. The van der Waals surface area contributed by atoms with Gasteiger partial charge in [0.1, 0.15) is 5.75 Å². The molecule has 33 heavy (non-hydrogen) atoms. The molecule has 0 aromatic heterocycles. The molecule has 7 heteroatoms. The predicted molar refractivity (Wildman–Crippen MR) is 128 cm³/mol.